The van der Waals surface area contributed by atoms with E-state index < -0.39 is 0 Å². The molecule has 6 heteroatoms. The van der Waals surface area contributed by atoms with Crippen molar-refractivity contribution in [2.45, 2.75) is 6.92 Å². The lowest BCUT2D eigenvalue weighted by Gasteiger charge is -2.14. The summed E-state index contributed by atoms with van der Waals surface area (Å²) in [5.74, 6) is -0.297. The van der Waals surface area contributed by atoms with E-state index >= 15 is 0 Å². The molecule has 24 heavy (non-hydrogen) atoms. The Hall–Kier alpha value is -3.41. The summed E-state index contributed by atoms with van der Waals surface area (Å²) in [5, 5.41) is 5.52. The van der Waals surface area contributed by atoms with Gasteiger partial charge in [-0.15, -0.1) is 0 Å². The van der Waals surface area contributed by atoms with Gasteiger partial charge in [-0.1, -0.05) is 24.8 Å². The van der Waals surface area contributed by atoms with Crippen LogP contribution in [-0.4, -0.2) is 17.4 Å². The molecule has 1 fully saturated rings. The number of carbonyl (C=O) groups excluding carboxylic acids is 2. The van der Waals surface area contributed by atoms with Gasteiger partial charge in [0.1, 0.15) is 0 Å². The van der Waals surface area contributed by atoms with Crippen LogP contribution in [0, 0.1) is 0 Å². The van der Waals surface area contributed by atoms with Crippen molar-refractivity contribution in [1.29, 1.82) is 0 Å². The van der Waals surface area contributed by atoms with Crippen molar-refractivity contribution in [3.63, 3.8) is 0 Å². The summed E-state index contributed by atoms with van der Waals surface area (Å²) < 4.78 is 0. The zero-order valence-corrected chi connectivity index (χ0v) is 13.1. The van der Waals surface area contributed by atoms with Gasteiger partial charge in [0.05, 0.1) is 17.1 Å². The van der Waals surface area contributed by atoms with Gasteiger partial charge < -0.3 is 0 Å². The van der Waals surface area contributed by atoms with Crippen LogP contribution in [0.2, 0.25) is 0 Å². The number of hydrazone groups is 1. The van der Waals surface area contributed by atoms with Gasteiger partial charge in [-0.3, -0.25) is 20.4 Å². The largest absolute Gasteiger partial charge is 0.299 e. The molecule has 1 amide bonds. The molecule has 3 rings (SSSR count). The van der Waals surface area contributed by atoms with E-state index in [1.807, 2.05) is 30.3 Å². The zero-order chi connectivity index (χ0) is 17.1. The smallest absolute Gasteiger partial charge is 0.295 e. The van der Waals surface area contributed by atoms with Crippen LogP contribution in [0.1, 0.15) is 17.3 Å². The van der Waals surface area contributed by atoms with Gasteiger partial charge >= 0.3 is 0 Å². The van der Waals surface area contributed by atoms with E-state index in [-0.39, 0.29) is 17.4 Å². The number of rotatable bonds is 4. The summed E-state index contributed by atoms with van der Waals surface area (Å²) >= 11 is 0. The standard InChI is InChI=1S/C18H16N4O2/c1-12-17(18(24)22(21-12)16-6-4-3-5-7-16)20-19-15-10-8-14(9-11-15)13(2)23/h3-11,19,21H,1H2,2H3/b20-17-. The summed E-state index contributed by atoms with van der Waals surface area (Å²) in [4.78, 5) is 23.7. The van der Waals surface area contributed by atoms with Crippen molar-refractivity contribution in [1.82, 2.24) is 5.43 Å². The molecule has 2 N–H and O–H groups in total. The lowest BCUT2D eigenvalue weighted by molar-refractivity contribution is -0.112. The Labute approximate surface area is 139 Å². The van der Waals surface area contributed by atoms with Crippen LogP contribution in [0.5, 0.6) is 0 Å². The number of nitrogens with zero attached hydrogens (tertiary/aromatic N) is 2. The number of ketones is 1. The fourth-order valence-electron chi connectivity index (χ4n) is 2.25. The molecule has 1 saturated heterocycles. The first kappa shape index (κ1) is 15.5. The third-order valence-corrected chi connectivity index (χ3v) is 3.54. The average Bonchev–Trinajstić information content (AvgIpc) is 2.88. The Morgan fingerprint density at radius 3 is 2.42 bits per heavy atom. The Kier molecular flexibility index (Phi) is 4.11. The van der Waals surface area contributed by atoms with Crippen LogP contribution >= 0.6 is 0 Å². The van der Waals surface area contributed by atoms with Gasteiger partial charge in [-0.25, -0.2) is 5.01 Å². The molecular formula is C18H16N4O2. The summed E-state index contributed by atoms with van der Waals surface area (Å²) in [6.45, 7) is 5.33. The highest BCUT2D eigenvalue weighted by molar-refractivity contribution is 6.51. The van der Waals surface area contributed by atoms with E-state index in [0.717, 1.165) is 0 Å². The number of carbonyl (C=O) groups is 2. The number of amides is 1. The SMILES string of the molecule is C=C1NN(c2ccccc2)C(=O)/C1=N\Nc1ccc(C(C)=O)cc1. The Morgan fingerprint density at radius 1 is 1.12 bits per heavy atom. The maximum absolute atomic E-state index is 12.5. The van der Waals surface area contributed by atoms with Crippen LogP contribution < -0.4 is 15.9 Å². The molecule has 0 saturated carbocycles. The molecule has 0 aliphatic carbocycles. The van der Waals surface area contributed by atoms with Crippen LogP contribution in [0.3, 0.4) is 0 Å². The van der Waals surface area contributed by atoms with Gasteiger partial charge in [-0.05, 0) is 43.3 Å². The first-order valence-electron chi connectivity index (χ1n) is 7.36. The van der Waals surface area contributed by atoms with Crippen LogP contribution in [-0.2, 0) is 4.79 Å². The lowest BCUT2D eigenvalue weighted by atomic mass is 10.1. The fraction of sp³-hybridized carbons (Fsp3) is 0.0556. The summed E-state index contributed by atoms with van der Waals surface area (Å²) in [6.07, 6.45) is 0. The van der Waals surface area contributed by atoms with Gasteiger partial charge in [0.25, 0.3) is 5.91 Å². The molecule has 0 unspecified atom stereocenters. The molecule has 0 bridgehead atoms. The predicted octanol–water partition coefficient (Wildman–Crippen LogP) is 2.72. The molecule has 0 aromatic heterocycles. The molecule has 0 radical (unpaired) electrons. The van der Waals surface area contributed by atoms with Gasteiger partial charge in [0.15, 0.2) is 11.5 Å². The maximum Gasteiger partial charge on any atom is 0.299 e. The Morgan fingerprint density at radius 2 is 1.79 bits per heavy atom. The number of nitrogens with one attached hydrogen (secondary N) is 2. The molecule has 0 atom stereocenters. The minimum absolute atomic E-state index is 0.00471. The maximum atomic E-state index is 12.5. The van der Waals surface area contributed by atoms with Crippen molar-refractivity contribution >= 4 is 28.8 Å². The Bertz CT molecular complexity index is 826. The third kappa shape index (κ3) is 3.03. The summed E-state index contributed by atoms with van der Waals surface area (Å²) in [7, 11) is 0. The average molecular weight is 320 g/mol. The molecule has 1 aliphatic rings. The lowest BCUT2D eigenvalue weighted by Crippen LogP contribution is -2.34. The fourth-order valence-corrected chi connectivity index (χ4v) is 2.25. The number of hydrogen-bond donors (Lipinski definition) is 2. The predicted molar refractivity (Wildman–Crippen MR) is 93.7 cm³/mol. The Balaban J connectivity index is 1.76. The quantitative estimate of drug-likeness (QED) is 0.671. The molecule has 1 aliphatic heterocycles. The molecule has 120 valence electrons. The molecule has 6 nitrogen and oxygen atoms in total. The molecule has 2 aromatic rings. The van der Waals surface area contributed by atoms with Crippen LogP contribution in [0.25, 0.3) is 0 Å². The van der Waals surface area contributed by atoms with E-state index in [4.69, 9.17) is 0 Å². The van der Waals surface area contributed by atoms with Crippen molar-refractivity contribution in [3.8, 4) is 0 Å². The highest BCUT2D eigenvalue weighted by Crippen LogP contribution is 2.18. The molecule has 2 aromatic carbocycles. The van der Waals surface area contributed by atoms with E-state index in [1.165, 1.54) is 11.9 Å². The molecular weight excluding hydrogens is 304 g/mol. The molecule has 0 spiro atoms. The number of benzene rings is 2. The number of Topliss-reactive ketones (excluding diaryl/α,β-unsaturated/α-hetero) is 1. The second-order valence-corrected chi connectivity index (χ2v) is 5.27. The number of hydrogen-bond acceptors (Lipinski definition) is 5. The second kappa shape index (κ2) is 6.37. The van der Waals surface area contributed by atoms with Crippen molar-refractivity contribution < 1.29 is 9.59 Å². The van der Waals surface area contributed by atoms with Gasteiger partial charge in [0.2, 0.25) is 0 Å². The first-order valence-corrected chi connectivity index (χ1v) is 7.36. The van der Waals surface area contributed by atoms with Crippen molar-refractivity contribution in [3.05, 3.63) is 72.4 Å². The first-order chi connectivity index (χ1) is 11.6. The minimum atomic E-state index is -0.293. The summed E-state index contributed by atoms with van der Waals surface area (Å²) in [6, 6.07) is 16.0. The van der Waals surface area contributed by atoms with E-state index in [9.17, 15) is 9.59 Å². The monoisotopic (exact) mass is 320 g/mol. The molecule has 1 heterocycles. The third-order valence-electron chi connectivity index (χ3n) is 3.54. The van der Waals surface area contributed by atoms with Gasteiger partial charge in [-0.2, -0.15) is 5.10 Å². The number of para-hydroxylation sites is 1. The van der Waals surface area contributed by atoms with Crippen LogP contribution in [0.15, 0.2) is 72.0 Å². The number of anilines is 2. The minimum Gasteiger partial charge on any atom is -0.295 e. The van der Waals surface area contributed by atoms with Gasteiger partial charge in [0, 0.05) is 5.56 Å². The van der Waals surface area contributed by atoms with E-state index in [2.05, 4.69) is 22.5 Å². The van der Waals surface area contributed by atoms with E-state index in [0.29, 0.717) is 22.6 Å². The second-order valence-electron chi connectivity index (χ2n) is 5.27. The van der Waals surface area contributed by atoms with E-state index in [1.54, 1.807) is 24.3 Å². The van der Waals surface area contributed by atoms with Crippen molar-refractivity contribution in [2.24, 2.45) is 5.10 Å². The zero-order valence-electron chi connectivity index (χ0n) is 13.1. The number of hydrazine groups is 1. The highest BCUT2D eigenvalue weighted by Gasteiger charge is 2.32. The highest BCUT2D eigenvalue weighted by atomic mass is 16.2. The van der Waals surface area contributed by atoms with Crippen LogP contribution in [0.4, 0.5) is 11.4 Å². The normalized spacial score (nSPS) is 15.5. The van der Waals surface area contributed by atoms with Crippen molar-refractivity contribution in [2.75, 3.05) is 10.4 Å². The summed E-state index contributed by atoms with van der Waals surface area (Å²) in [5.41, 5.74) is 8.33. The topological polar surface area (TPSA) is 73.8 Å².